The first-order valence-electron chi connectivity index (χ1n) is 12.2. The number of methoxy groups -OCH3 is 2. The van der Waals surface area contributed by atoms with Crippen LogP contribution in [0.15, 0.2) is 42.5 Å². The fourth-order valence-electron chi connectivity index (χ4n) is 6.04. The van der Waals surface area contributed by atoms with Gasteiger partial charge in [0.05, 0.1) is 26.2 Å². The average molecular weight is 464 g/mol. The molecule has 3 atom stereocenters. The second kappa shape index (κ2) is 9.57. The van der Waals surface area contributed by atoms with Crippen molar-refractivity contribution in [3.05, 3.63) is 59.2 Å². The van der Waals surface area contributed by atoms with Gasteiger partial charge in [0.1, 0.15) is 0 Å². The molecule has 3 aliphatic heterocycles. The van der Waals surface area contributed by atoms with Crippen LogP contribution in [-0.2, 0) is 17.6 Å². The Balaban J connectivity index is 1.35. The first-order chi connectivity index (χ1) is 16.6. The SMILES string of the molecule is COc1ccc2c(c1OC)CCN1C(=O)[C@H]3CCCN(C(=O)NCCc4ccccc4)[C@H]3C[C@H]21. The molecule has 2 aromatic carbocycles. The summed E-state index contributed by atoms with van der Waals surface area (Å²) in [5.41, 5.74) is 3.43. The Morgan fingerprint density at radius 3 is 2.68 bits per heavy atom. The summed E-state index contributed by atoms with van der Waals surface area (Å²) >= 11 is 0. The van der Waals surface area contributed by atoms with E-state index < -0.39 is 0 Å². The molecule has 7 nitrogen and oxygen atoms in total. The van der Waals surface area contributed by atoms with Crippen molar-refractivity contribution >= 4 is 11.9 Å². The Kier molecular flexibility index (Phi) is 6.35. The Labute approximate surface area is 201 Å². The number of rotatable bonds is 5. The molecular weight excluding hydrogens is 430 g/mol. The number of hydrogen-bond donors (Lipinski definition) is 1. The fourth-order valence-corrected chi connectivity index (χ4v) is 6.04. The number of urea groups is 1. The van der Waals surface area contributed by atoms with Crippen LogP contribution in [0.3, 0.4) is 0 Å². The van der Waals surface area contributed by atoms with Gasteiger partial charge in [-0.1, -0.05) is 36.4 Å². The Morgan fingerprint density at radius 2 is 1.91 bits per heavy atom. The highest BCUT2D eigenvalue weighted by atomic mass is 16.5. The van der Waals surface area contributed by atoms with E-state index in [2.05, 4.69) is 23.5 Å². The van der Waals surface area contributed by atoms with Crippen molar-refractivity contribution in [3.8, 4) is 11.5 Å². The van der Waals surface area contributed by atoms with Gasteiger partial charge in [0.2, 0.25) is 5.91 Å². The zero-order valence-electron chi connectivity index (χ0n) is 20.0. The summed E-state index contributed by atoms with van der Waals surface area (Å²) in [6, 6.07) is 14.0. The zero-order valence-corrected chi connectivity index (χ0v) is 20.0. The van der Waals surface area contributed by atoms with Crippen molar-refractivity contribution in [2.24, 2.45) is 5.92 Å². The molecule has 7 heteroatoms. The van der Waals surface area contributed by atoms with Gasteiger partial charge in [-0.25, -0.2) is 4.79 Å². The molecule has 3 amide bonds. The van der Waals surface area contributed by atoms with E-state index in [-0.39, 0.29) is 29.9 Å². The second-order valence-corrected chi connectivity index (χ2v) is 9.38. The normalized spacial score (nSPS) is 23.5. The van der Waals surface area contributed by atoms with Gasteiger partial charge < -0.3 is 24.6 Å². The summed E-state index contributed by atoms with van der Waals surface area (Å²) in [7, 11) is 3.31. The number of fused-ring (bicyclic) bond motifs is 4. The molecule has 5 rings (SSSR count). The van der Waals surface area contributed by atoms with Crippen LogP contribution in [0.4, 0.5) is 4.79 Å². The third kappa shape index (κ3) is 3.97. The molecular formula is C27H33N3O4. The minimum atomic E-state index is -0.119. The predicted octanol–water partition coefficient (Wildman–Crippen LogP) is 3.57. The molecule has 0 unspecified atom stereocenters. The van der Waals surface area contributed by atoms with Crippen LogP contribution in [0.5, 0.6) is 11.5 Å². The summed E-state index contributed by atoms with van der Waals surface area (Å²) in [6.45, 7) is 1.95. The Morgan fingerprint density at radius 1 is 1.09 bits per heavy atom. The molecule has 2 fully saturated rings. The van der Waals surface area contributed by atoms with E-state index in [0.717, 1.165) is 49.0 Å². The van der Waals surface area contributed by atoms with E-state index in [1.54, 1.807) is 14.2 Å². The molecule has 2 aromatic rings. The van der Waals surface area contributed by atoms with Gasteiger partial charge in [0.25, 0.3) is 0 Å². The lowest BCUT2D eigenvalue weighted by Crippen LogP contribution is -2.61. The molecule has 0 aromatic heterocycles. The summed E-state index contributed by atoms with van der Waals surface area (Å²) in [6.07, 6.45) is 4.00. The van der Waals surface area contributed by atoms with Crippen molar-refractivity contribution in [2.75, 3.05) is 33.9 Å². The molecule has 0 aliphatic carbocycles. The molecule has 3 aliphatic rings. The summed E-state index contributed by atoms with van der Waals surface area (Å²) in [5.74, 6) is 1.54. The van der Waals surface area contributed by atoms with Gasteiger partial charge >= 0.3 is 6.03 Å². The third-order valence-corrected chi connectivity index (χ3v) is 7.66. The van der Waals surface area contributed by atoms with Crippen molar-refractivity contribution in [1.82, 2.24) is 15.1 Å². The van der Waals surface area contributed by atoms with Gasteiger partial charge in [-0.3, -0.25) is 4.79 Å². The first-order valence-corrected chi connectivity index (χ1v) is 12.2. The highest BCUT2D eigenvalue weighted by Crippen LogP contribution is 2.47. The lowest BCUT2D eigenvalue weighted by molar-refractivity contribution is -0.148. The van der Waals surface area contributed by atoms with Crippen LogP contribution in [0.2, 0.25) is 0 Å². The van der Waals surface area contributed by atoms with Gasteiger partial charge in [0.15, 0.2) is 11.5 Å². The van der Waals surface area contributed by atoms with Crippen LogP contribution in [-0.4, -0.2) is 61.6 Å². The minimum absolute atomic E-state index is 0.0463. The van der Waals surface area contributed by atoms with Gasteiger partial charge in [-0.2, -0.15) is 0 Å². The number of likely N-dealkylation sites (tertiary alicyclic amines) is 1. The third-order valence-electron chi connectivity index (χ3n) is 7.66. The molecule has 0 saturated carbocycles. The maximum absolute atomic E-state index is 13.6. The lowest BCUT2D eigenvalue weighted by atomic mass is 9.76. The first kappa shape index (κ1) is 22.6. The molecule has 1 N–H and O–H groups in total. The summed E-state index contributed by atoms with van der Waals surface area (Å²) in [5, 5.41) is 3.10. The fraction of sp³-hybridized carbons (Fsp3) is 0.481. The topological polar surface area (TPSA) is 71.1 Å². The number of carbonyl (C=O) groups excluding carboxylic acids is 2. The lowest BCUT2D eigenvalue weighted by Gasteiger charge is -2.51. The molecule has 2 saturated heterocycles. The molecule has 180 valence electrons. The molecule has 34 heavy (non-hydrogen) atoms. The quantitative estimate of drug-likeness (QED) is 0.736. The average Bonchev–Trinajstić information content (AvgIpc) is 2.88. The number of nitrogens with one attached hydrogen (secondary N) is 1. The van der Waals surface area contributed by atoms with Crippen molar-refractivity contribution in [2.45, 2.75) is 44.2 Å². The highest BCUT2D eigenvalue weighted by molar-refractivity contribution is 5.84. The predicted molar refractivity (Wildman–Crippen MR) is 129 cm³/mol. The largest absolute Gasteiger partial charge is 0.493 e. The standard InChI is InChI=1S/C27H33N3O4/c1-33-24-11-10-19-20(25(24)34-2)13-16-29-22(19)17-23-21(26(29)31)9-6-15-30(23)27(32)28-14-12-18-7-4-3-5-8-18/h3-5,7-8,10-11,21-23H,6,9,12-17H2,1-2H3,(H,28,32)/t21-,22+,23-/m0/s1. The van der Waals surface area contributed by atoms with Crippen LogP contribution < -0.4 is 14.8 Å². The highest BCUT2D eigenvalue weighted by Gasteiger charge is 2.49. The van der Waals surface area contributed by atoms with E-state index >= 15 is 0 Å². The van der Waals surface area contributed by atoms with Gasteiger partial charge in [0, 0.05) is 31.2 Å². The smallest absolute Gasteiger partial charge is 0.317 e. The number of amides is 3. The monoisotopic (exact) mass is 463 g/mol. The number of carbonyl (C=O) groups is 2. The molecule has 0 spiro atoms. The minimum Gasteiger partial charge on any atom is -0.493 e. The van der Waals surface area contributed by atoms with Crippen LogP contribution in [0.1, 0.15) is 42.0 Å². The van der Waals surface area contributed by atoms with E-state index in [4.69, 9.17) is 9.47 Å². The van der Waals surface area contributed by atoms with Gasteiger partial charge in [-0.15, -0.1) is 0 Å². The second-order valence-electron chi connectivity index (χ2n) is 9.38. The van der Waals surface area contributed by atoms with Crippen LogP contribution >= 0.6 is 0 Å². The Bertz CT molecular complexity index is 1060. The summed E-state index contributed by atoms with van der Waals surface area (Å²) in [4.78, 5) is 30.7. The Hall–Kier alpha value is -3.22. The number of piperidine rings is 2. The maximum Gasteiger partial charge on any atom is 0.317 e. The van der Waals surface area contributed by atoms with Crippen LogP contribution in [0.25, 0.3) is 0 Å². The molecule has 0 bridgehead atoms. The van der Waals surface area contributed by atoms with Crippen molar-refractivity contribution < 1.29 is 19.1 Å². The van der Waals surface area contributed by atoms with E-state index in [0.29, 0.717) is 25.4 Å². The zero-order chi connectivity index (χ0) is 23.7. The maximum atomic E-state index is 13.6. The van der Waals surface area contributed by atoms with Crippen LogP contribution in [0, 0.1) is 5.92 Å². The summed E-state index contributed by atoms with van der Waals surface area (Å²) < 4.78 is 11.2. The number of ether oxygens (including phenoxy) is 2. The number of benzene rings is 2. The van der Waals surface area contributed by atoms with Crippen molar-refractivity contribution in [1.29, 1.82) is 0 Å². The van der Waals surface area contributed by atoms with Crippen molar-refractivity contribution in [3.63, 3.8) is 0 Å². The molecule has 3 heterocycles. The number of nitrogens with zero attached hydrogens (tertiary/aromatic N) is 2. The van der Waals surface area contributed by atoms with Gasteiger partial charge in [-0.05, 0) is 49.3 Å². The van der Waals surface area contributed by atoms with E-state index in [1.807, 2.05) is 34.1 Å². The van der Waals surface area contributed by atoms with E-state index in [1.165, 1.54) is 5.56 Å². The number of hydrogen-bond acceptors (Lipinski definition) is 4. The molecule has 0 radical (unpaired) electrons. The van der Waals surface area contributed by atoms with E-state index in [9.17, 15) is 9.59 Å².